The summed E-state index contributed by atoms with van der Waals surface area (Å²) in [6, 6.07) is 11.2. The summed E-state index contributed by atoms with van der Waals surface area (Å²) in [4.78, 5) is 20.2. The third-order valence-electron chi connectivity index (χ3n) is 3.25. The molecule has 0 spiro atoms. The van der Waals surface area contributed by atoms with E-state index in [-0.39, 0.29) is 12.5 Å². The number of nitrogens with one attached hydrogen (secondary N) is 1. The van der Waals surface area contributed by atoms with E-state index in [1.807, 2.05) is 31.2 Å². The number of aromatic nitrogens is 3. The quantitative estimate of drug-likeness (QED) is 0.786. The molecule has 0 aliphatic heterocycles. The van der Waals surface area contributed by atoms with Crippen LogP contribution in [0, 0.1) is 6.92 Å². The van der Waals surface area contributed by atoms with Gasteiger partial charge in [0.1, 0.15) is 17.9 Å². The second-order valence-corrected chi connectivity index (χ2v) is 4.98. The molecule has 116 valence electrons. The van der Waals surface area contributed by atoms with Crippen LogP contribution < -0.4 is 10.1 Å². The van der Waals surface area contributed by atoms with E-state index in [0.29, 0.717) is 11.4 Å². The molecule has 6 nitrogen and oxygen atoms in total. The van der Waals surface area contributed by atoms with Gasteiger partial charge < -0.3 is 10.1 Å². The van der Waals surface area contributed by atoms with Crippen molar-refractivity contribution in [3.8, 4) is 11.6 Å². The van der Waals surface area contributed by atoms with Gasteiger partial charge in [-0.25, -0.2) is 9.97 Å². The average Bonchev–Trinajstić information content (AvgIpc) is 3.09. The standard InChI is InChI=1S/C17H16N4O2/c1-13-4-2-3-5-15(13)23-11-17(22)20-14-6-7-16(19-10-14)21-9-8-18-12-21/h2-10,12H,11H2,1H3,(H,20,22). The van der Waals surface area contributed by atoms with Crippen molar-refractivity contribution in [3.05, 3.63) is 66.9 Å². The minimum absolute atomic E-state index is 0.0475. The molecule has 3 rings (SSSR count). The summed E-state index contributed by atoms with van der Waals surface area (Å²) in [6.45, 7) is 1.89. The van der Waals surface area contributed by atoms with Gasteiger partial charge in [-0.2, -0.15) is 0 Å². The first kappa shape index (κ1) is 14.8. The van der Waals surface area contributed by atoms with Crippen LogP contribution in [0.1, 0.15) is 5.56 Å². The number of imidazole rings is 1. The van der Waals surface area contributed by atoms with Crippen LogP contribution in [-0.4, -0.2) is 27.0 Å². The molecule has 0 saturated carbocycles. The summed E-state index contributed by atoms with van der Waals surface area (Å²) in [5, 5.41) is 2.75. The Morgan fingerprint density at radius 3 is 2.83 bits per heavy atom. The monoisotopic (exact) mass is 308 g/mol. The van der Waals surface area contributed by atoms with Gasteiger partial charge >= 0.3 is 0 Å². The molecule has 0 bridgehead atoms. The predicted molar refractivity (Wildman–Crippen MR) is 86.7 cm³/mol. The molecule has 0 saturated heterocycles. The van der Waals surface area contributed by atoms with Crippen LogP contribution in [0.25, 0.3) is 5.82 Å². The number of pyridine rings is 1. The van der Waals surface area contributed by atoms with Crippen LogP contribution in [0.15, 0.2) is 61.3 Å². The lowest BCUT2D eigenvalue weighted by Gasteiger charge is -2.09. The number of anilines is 1. The maximum atomic E-state index is 11.9. The number of para-hydroxylation sites is 1. The number of aryl methyl sites for hydroxylation is 1. The molecule has 1 amide bonds. The molecule has 23 heavy (non-hydrogen) atoms. The molecule has 0 aliphatic carbocycles. The van der Waals surface area contributed by atoms with Gasteiger partial charge in [-0.3, -0.25) is 9.36 Å². The van der Waals surface area contributed by atoms with Gasteiger partial charge in [0, 0.05) is 12.4 Å². The molecule has 0 fully saturated rings. The van der Waals surface area contributed by atoms with E-state index in [1.165, 1.54) is 0 Å². The average molecular weight is 308 g/mol. The minimum Gasteiger partial charge on any atom is -0.483 e. The van der Waals surface area contributed by atoms with E-state index in [2.05, 4.69) is 15.3 Å². The number of ether oxygens (including phenoxy) is 1. The van der Waals surface area contributed by atoms with Crippen LogP contribution in [0.2, 0.25) is 0 Å². The number of carbonyl (C=O) groups excluding carboxylic acids is 1. The zero-order valence-electron chi connectivity index (χ0n) is 12.6. The van der Waals surface area contributed by atoms with Crippen LogP contribution in [0.4, 0.5) is 5.69 Å². The lowest BCUT2D eigenvalue weighted by atomic mass is 10.2. The third kappa shape index (κ3) is 3.74. The molecule has 0 unspecified atom stereocenters. The Kier molecular flexibility index (Phi) is 4.33. The predicted octanol–water partition coefficient (Wildman–Crippen LogP) is 2.59. The summed E-state index contributed by atoms with van der Waals surface area (Å²) in [5.41, 5.74) is 1.61. The molecule has 3 aromatic rings. The largest absolute Gasteiger partial charge is 0.483 e. The molecule has 1 aromatic carbocycles. The van der Waals surface area contributed by atoms with Crippen molar-refractivity contribution in [2.24, 2.45) is 0 Å². The van der Waals surface area contributed by atoms with Crippen LogP contribution in [0.3, 0.4) is 0 Å². The fourth-order valence-electron chi connectivity index (χ4n) is 2.07. The molecule has 6 heteroatoms. The van der Waals surface area contributed by atoms with E-state index in [0.717, 1.165) is 11.4 Å². The Morgan fingerprint density at radius 1 is 1.26 bits per heavy atom. The summed E-state index contributed by atoms with van der Waals surface area (Å²) >= 11 is 0. The Morgan fingerprint density at radius 2 is 2.13 bits per heavy atom. The fraction of sp³-hybridized carbons (Fsp3) is 0.118. The van der Waals surface area contributed by atoms with Gasteiger partial charge in [0.05, 0.1) is 11.9 Å². The smallest absolute Gasteiger partial charge is 0.262 e. The van der Waals surface area contributed by atoms with E-state index >= 15 is 0 Å². The summed E-state index contributed by atoms with van der Waals surface area (Å²) < 4.78 is 7.29. The topological polar surface area (TPSA) is 69.0 Å². The molecule has 1 N–H and O–H groups in total. The summed E-state index contributed by atoms with van der Waals surface area (Å²) in [5.74, 6) is 1.21. The van der Waals surface area contributed by atoms with Crippen molar-refractivity contribution in [1.29, 1.82) is 0 Å². The van der Waals surface area contributed by atoms with Crippen LogP contribution in [-0.2, 0) is 4.79 Å². The number of hydrogen-bond acceptors (Lipinski definition) is 4. The minimum atomic E-state index is -0.231. The number of hydrogen-bond donors (Lipinski definition) is 1. The van der Waals surface area contributed by atoms with Crippen molar-refractivity contribution in [2.45, 2.75) is 6.92 Å². The maximum Gasteiger partial charge on any atom is 0.262 e. The van der Waals surface area contributed by atoms with Gasteiger partial charge in [0.2, 0.25) is 0 Å². The van der Waals surface area contributed by atoms with Crippen molar-refractivity contribution >= 4 is 11.6 Å². The zero-order chi connectivity index (χ0) is 16.1. The number of carbonyl (C=O) groups is 1. The van der Waals surface area contributed by atoms with Gasteiger partial charge in [-0.15, -0.1) is 0 Å². The van der Waals surface area contributed by atoms with Crippen LogP contribution in [0.5, 0.6) is 5.75 Å². The highest BCUT2D eigenvalue weighted by Crippen LogP contribution is 2.16. The van der Waals surface area contributed by atoms with Crippen molar-refractivity contribution in [1.82, 2.24) is 14.5 Å². The third-order valence-corrected chi connectivity index (χ3v) is 3.25. The number of amides is 1. The van der Waals surface area contributed by atoms with Gasteiger partial charge in [0.25, 0.3) is 5.91 Å². The first-order chi connectivity index (χ1) is 11.2. The van der Waals surface area contributed by atoms with Gasteiger partial charge in [-0.05, 0) is 30.7 Å². The van der Waals surface area contributed by atoms with Crippen molar-refractivity contribution in [2.75, 3.05) is 11.9 Å². The van der Waals surface area contributed by atoms with Gasteiger partial charge in [-0.1, -0.05) is 18.2 Å². The lowest BCUT2D eigenvalue weighted by Crippen LogP contribution is -2.20. The van der Waals surface area contributed by atoms with E-state index in [9.17, 15) is 4.79 Å². The maximum absolute atomic E-state index is 11.9. The highest BCUT2D eigenvalue weighted by atomic mass is 16.5. The molecule has 2 aromatic heterocycles. The lowest BCUT2D eigenvalue weighted by molar-refractivity contribution is -0.118. The van der Waals surface area contributed by atoms with E-state index < -0.39 is 0 Å². The van der Waals surface area contributed by atoms with Crippen LogP contribution >= 0.6 is 0 Å². The number of rotatable bonds is 5. The number of nitrogens with zero attached hydrogens (tertiary/aromatic N) is 3. The van der Waals surface area contributed by atoms with Gasteiger partial charge in [0.15, 0.2) is 6.61 Å². The Labute approximate surface area is 133 Å². The fourth-order valence-corrected chi connectivity index (χ4v) is 2.07. The van der Waals surface area contributed by atoms with E-state index in [1.54, 1.807) is 41.6 Å². The molecule has 0 atom stereocenters. The van der Waals surface area contributed by atoms with Crippen molar-refractivity contribution in [3.63, 3.8) is 0 Å². The Balaban J connectivity index is 1.57. The first-order valence-electron chi connectivity index (χ1n) is 7.15. The Bertz CT molecular complexity index is 783. The first-order valence-corrected chi connectivity index (χ1v) is 7.15. The molecule has 0 aliphatic rings. The summed E-state index contributed by atoms with van der Waals surface area (Å²) in [6.07, 6.45) is 6.74. The number of benzene rings is 1. The zero-order valence-corrected chi connectivity index (χ0v) is 12.6. The van der Waals surface area contributed by atoms with Crippen molar-refractivity contribution < 1.29 is 9.53 Å². The highest BCUT2D eigenvalue weighted by Gasteiger charge is 2.06. The second-order valence-electron chi connectivity index (χ2n) is 4.98. The second kappa shape index (κ2) is 6.74. The Hall–Kier alpha value is -3.15. The summed E-state index contributed by atoms with van der Waals surface area (Å²) in [7, 11) is 0. The molecular weight excluding hydrogens is 292 g/mol. The molecule has 0 radical (unpaired) electrons. The molecular formula is C17H16N4O2. The normalized spacial score (nSPS) is 10.3. The van der Waals surface area contributed by atoms with E-state index in [4.69, 9.17) is 4.74 Å². The highest BCUT2D eigenvalue weighted by molar-refractivity contribution is 5.91. The SMILES string of the molecule is Cc1ccccc1OCC(=O)Nc1ccc(-n2ccnc2)nc1. The molecule has 2 heterocycles.